The minimum Gasteiger partial charge on any atom is -0.370 e. The number of halogens is 1. The Balaban J connectivity index is 1.60. The number of carbonyl (C=O) groups is 1. The third-order valence-corrected chi connectivity index (χ3v) is 3.97. The number of nitrogens with one attached hydrogen (secondary N) is 4. The molecule has 1 aromatic heterocycles. The van der Waals surface area contributed by atoms with Crippen molar-refractivity contribution in [1.29, 1.82) is 0 Å². The zero-order valence-electron chi connectivity index (χ0n) is 15.6. The van der Waals surface area contributed by atoms with E-state index in [1.54, 1.807) is 36.4 Å². The third-order valence-electron chi connectivity index (χ3n) is 3.71. The van der Waals surface area contributed by atoms with Gasteiger partial charge in [-0.1, -0.05) is 11.6 Å². The number of carbonyl (C=O) groups excluding carboxylic acids is 1. The predicted octanol–water partition coefficient (Wildman–Crippen LogP) is 5.26. The molecule has 2 amide bonds. The first-order valence-corrected chi connectivity index (χ1v) is 9.20. The Labute approximate surface area is 168 Å². The molecular weight excluding hydrogens is 376 g/mol. The standard InChI is InChI=1S/C20H21ClN6O/c1-3-22-18-12-13(2)23-19(27-18)24-15-8-10-17(11-9-15)26-20(28)25-16-6-4-14(21)5-7-16/h4-12H,3H2,1-2H3,(H2,25,26,28)(H2,22,23,24,27). The Bertz CT molecular complexity index is 944. The molecule has 0 aliphatic carbocycles. The molecule has 0 fully saturated rings. The summed E-state index contributed by atoms with van der Waals surface area (Å²) < 4.78 is 0. The first-order chi connectivity index (χ1) is 13.5. The average Bonchev–Trinajstić information content (AvgIpc) is 2.65. The minimum atomic E-state index is -0.333. The number of rotatable bonds is 6. The Morgan fingerprint density at radius 1 is 0.929 bits per heavy atom. The maximum absolute atomic E-state index is 12.1. The van der Waals surface area contributed by atoms with Crippen molar-refractivity contribution in [2.24, 2.45) is 0 Å². The molecule has 0 saturated heterocycles. The summed E-state index contributed by atoms with van der Waals surface area (Å²) in [4.78, 5) is 20.9. The van der Waals surface area contributed by atoms with Gasteiger partial charge in [0.15, 0.2) is 0 Å². The summed E-state index contributed by atoms with van der Waals surface area (Å²) in [5.74, 6) is 1.28. The highest BCUT2D eigenvalue weighted by Crippen LogP contribution is 2.19. The van der Waals surface area contributed by atoms with E-state index in [9.17, 15) is 4.79 Å². The molecule has 1 heterocycles. The summed E-state index contributed by atoms with van der Waals surface area (Å²) in [5.41, 5.74) is 3.01. The van der Waals surface area contributed by atoms with Gasteiger partial charge in [-0.15, -0.1) is 0 Å². The van der Waals surface area contributed by atoms with E-state index in [-0.39, 0.29) is 6.03 Å². The zero-order valence-corrected chi connectivity index (χ0v) is 16.3. The van der Waals surface area contributed by atoms with E-state index in [2.05, 4.69) is 31.2 Å². The van der Waals surface area contributed by atoms with Gasteiger partial charge in [0.2, 0.25) is 5.95 Å². The number of benzene rings is 2. The summed E-state index contributed by atoms with van der Waals surface area (Å²) in [6.07, 6.45) is 0. The topological polar surface area (TPSA) is 91.0 Å². The maximum Gasteiger partial charge on any atom is 0.323 e. The predicted molar refractivity (Wildman–Crippen MR) is 115 cm³/mol. The summed E-state index contributed by atoms with van der Waals surface area (Å²) >= 11 is 5.84. The molecule has 144 valence electrons. The van der Waals surface area contributed by atoms with Crippen molar-refractivity contribution in [3.63, 3.8) is 0 Å². The molecule has 3 rings (SSSR count). The second-order valence-electron chi connectivity index (χ2n) is 6.04. The fourth-order valence-electron chi connectivity index (χ4n) is 2.49. The lowest BCUT2D eigenvalue weighted by atomic mass is 10.3. The van der Waals surface area contributed by atoms with Crippen molar-refractivity contribution in [3.8, 4) is 0 Å². The van der Waals surface area contributed by atoms with E-state index in [0.717, 1.165) is 23.7 Å². The Kier molecular flexibility index (Phi) is 6.29. The molecule has 0 unspecified atom stereocenters. The summed E-state index contributed by atoms with van der Waals surface area (Å²) in [6.45, 7) is 4.72. The Hall–Kier alpha value is -3.32. The molecule has 0 aliphatic rings. The second-order valence-corrected chi connectivity index (χ2v) is 6.47. The first kappa shape index (κ1) is 19.4. The maximum atomic E-state index is 12.1. The molecule has 0 bridgehead atoms. The van der Waals surface area contributed by atoms with Crippen LogP contribution in [0.25, 0.3) is 0 Å². The highest BCUT2D eigenvalue weighted by Gasteiger charge is 2.05. The summed E-state index contributed by atoms with van der Waals surface area (Å²) in [6, 6.07) is 15.7. The molecular formula is C20H21ClN6O. The number of anilines is 5. The van der Waals surface area contributed by atoms with Crippen LogP contribution in [0.3, 0.4) is 0 Å². The van der Waals surface area contributed by atoms with Gasteiger partial charge in [0.1, 0.15) is 5.82 Å². The monoisotopic (exact) mass is 396 g/mol. The SMILES string of the molecule is CCNc1cc(C)nc(Nc2ccc(NC(=O)Nc3ccc(Cl)cc3)cc2)n1. The number of urea groups is 1. The average molecular weight is 397 g/mol. The lowest BCUT2D eigenvalue weighted by molar-refractivity contribution is 0.262. The molecule has 2 aromatic carbocycles. The molecule has 28 heavy (non-hydrogen) atoms. The van der Waals surface area contributed by atoms with Crippen molar-refractivity contribution >= 4 is 46.5 Å². The van der Waals surface area contributed by atoms with Crippen molar-refractivity contribution in [2.45, 2.75) is 13.8 Å². The van der Waals surface area contributed by atoms with Gasteiger partial charge < -0.3 is 21.3 Å². The van der Waals surface area contributed by atoms with Crippen LogP contribution in [-0.2, 0) is 0 Å². The van der Waals surface area contributed by atoms with Gasteiger partial charge in [-0.25, -0.2) is 9.78 Å². The number of nitrogens with zero attached hydrogens (tertiary/aromatic N) is 2. The molecule has 3 aromatic rings. The van der Waals surface area contributed by atoms with E-state index in [1.807, 2.05) is 32.0 Å². The number of aryl methyl sites for hydroxylation is 1. The molecule has 0 atom stereocenters. The van der Waals surface area contributed by atoms with Gasteiger partial charge in [-0.2, -0.15) is 4.98 Å². The minimum absolute atomic E-state index is 0.333. The Morgan fingerprint density at radius 2 is 1.50 bits per heavy atom. The number of amides is 2. The van der Waals surface area contributed by atoms with Gasteiger partial charge in [-0.3, -0.25) is 0 Å². The van der Waals surface area contributed by atoms with Crippen LogP contribution in [0.1, 0.15) is 12.6 Å². The molecule has 4 N–H and O–H groups in total. The van der Waals surface area contributed by atoms with Crippen LogP contribution in [0.5, 0.6) is 0 Å². The van der Waals surface area contributed by atoms with Crippen LogP contribution in [0.2, 0.25) is 5.02 Å². The van der Waals surface area contributed by atoms with Crippen LogP contribution in [-0.4, -0.2) is 22.5 Å². The smallest absolute Gasteiger partial charge is 0.323 e. The fraction of sp³-hybridized carbons (Fsp3) is 0.150. The number of aromatic nitrogens is 2. The van der Waals surface area contributed by atoms with Crippen LogP contribution < -0.4 is 21.3 Å². The van der Waals surface area contributed by atoms with Crippen LogP contribution in [0, 0.1) is 6.92 Å². The first-order valence-electron chi connectivity index (χ1n) is 8.82. The molecule has 0 aliphatic heterocycles. The van der Waals surface area contributed by atoms with Crippen molar-refractivity contribution < 1.29 is 4.79 Å². The highest BCUT2D eigenvalue weighted by atomic mass is 35.5. The van der Waals surface area contributed by atoms with Crippen molar-refractivity contribution in [3.05, 3.63) is 65.3 Å². The summed E-state index contributed by atoms with van der Waals surface area (Å²) in [5, 5.41) is 12.5. The van der Waals surface area contributed by atoms with Gasteiger partial charge in [0.05, 0.1) is 0 Å². The lowest BCUT2D eigenvalue weighted by Gasteiger charge is -2.10. The highest BCUT2D eigenvalue weighted by molar-refractivity contribution is 6.30. The van der Waals surface area contributed by atoms with E-state index >= 15 is 0 Å². The molecule has 0 saturated carbocycles. The largest absolute Gasteiger partial charge is 0.370 e. The molecule has 8 heteroatoms. The normalized spacial score (nSPS) is 10.2. The van der Waals surface area contributed by atoms with E-state index in [1.165, 1.54) is 0 Å². The van der Waals surface area contributed by atoms with Gasteiger partial charge in [-0.05, 0) is 62.4 Å². The zero-order chi connectivity index (χ0) is 19.9. The van der Waals surface area contributed by atoms with E-state index < -0.39 is 0 Å². The van der Waals surface area contributed by atoms with Gasteiger partial charge >= 0.3 is 6.03 Å². The van der Waals surface area contributed by atoms with Crippen LogP contribution >= 0.6 is 11.6 Å². The fourth-order valence-corrected chi connectivity index (χ4v) is 2.61. The molecule has 7 nitrogen and oxygen atoms in total. The van der Waals surface area contributed by atoms with Crippen LogP contribution in [0.4, 0.5) is 33.6 Å². The van der Waals surface area contributed by atoms with Crippen molar-refractivity contribution in [2.75, 3.05) is 27.8 Å². The number of hydrogen-bond donors (Lipinski definition) is 4. The Morgan fingerprint density at radius 3 is 2.11 bits per heavy atom. The quantitative estimate of drug-likeness (QED) is 0.456. The van der Waals surface area contributed by atoms with Crippen LogP contribution in [0.15, 0.2) is 54.6 Å². The third kappa shape index (κ3) is 5.59. The number of hydrogen-bond acceptors (Lipinski definition) is 5. The molecule has 0 spiro atoms. The second kappa shape index (κ2) is 9.05. The van der Waals surface area contributed by atoms with Gasteiger partial charge in [0, 0.05) is 40.4 Å². The summed E-state index contributed by atoms with van der Waals surface area (Å²) in [7, 11) is 0. The van der Waals surface area contributed by atoms with Gasteiger partial charge in [0.25, 0.3) is 0 Å². The van der Waals surface area contributed by atoms with E-state index in [0.29, 0.717) is 22.3 Å². The molecule has 0 radical (unpaired) electrons. The van der Waals surface area contributed by atoms with Crippen molar-refractivity contribution in [1.82, 2.24) is 9.97 Å². The van der Waals surface area contributed by atoms with E-state index in [4.69, 9.17) is 11.6 Å². The lowest BCUT2D eigenvalue weighted by Crippen LogP contribution is -2.19.